The summed E-state index contributed by atoms with van der Waals surface area (Å²) in [6, 6.07) is 7.78. The van der Waals surface area contributed by atoms with E-state index in [2.05, 4.69) is 0 Å². The number of aromatic nitrogens is 2. The summed E-state index contributed by atoms with van der Waals surface area (Å²) in [7, 11) is 0. The Morgan fingerprint density at radius 2 is 1.47 bits per heavy atom. The predicted octanol–water partition coefficient (Wildman–Crippen LogP) is 1.70. The summed E-state index contributed by atoms with van der Waals surface area (Å²) < 4.78 is 12.4. The highest BCUT2D eigenvalue weighted by atomic mass is 16.5. The fourth-order valence-electron chi connectivity index (χ4n) is 4.11. The third-order valence-electron chi connectivity index (χ3n) is 5.72. The molecule has 0 bridgehead atoms. The van der Waals surface area contributed by atoms with E-state index in [-0.39, 0.29) is 42.2 Å². The van der Waals surface area contributed by atoms with Gasteiger partial charge in [-0.2, -0.15) is 4.57 Å². The first-order valence-corrected chi connectivity index (χ1v) is 10.4. The molecule has 170 valence electrons. The minimum atomic E-state index is -0.723. The molecule has 9 nitrogen and oxygen atoms in total. The van der Waals surface area contributed by atoms with Crippen LogP contribution < -0.4 is 11.2 Å². The van der Waals surface area contributed by atoms with Crippen LogP contribution >= 0.6 is 0 Å². The summed E-state index contributed by atoms with van der Waals surface area (Å²) in [6.45, 7) is 4.44. The molecule has 0 spiro atoms. The van der Waals surface area contributed by atoms with E-state index in [1.54, 1.807) is 37.3 Å². The Kier molecular flexibility index (Phi) is 7.07. The molecule has 0 aliphatic heterocycles. The number of rotatable bonds is 6. The first-order valence-electron chi connectivity index (χ1n) is 10.4. The highest BCUT2D eigenvalue weighted by Gasteiger charge is 2.37. The number of benzene rings is 1. The van der Waals surface area contributed by atoms with Crippen LogP contribution in [-0.4, -0.2) is 40.2 Å². The second-order valence-corrected chi connectivity index (χ2v) is 8.06. The van der Waals surface area contributed by atoms with Gasteiger partial charge in [0.15, 0.2) is 0 Å². The maximum absolute atomic E-state index is 13.2. The van der Waals surface area contributed by atoms with Crippen molar-refractivity contribution in [1.29, 1.82) is 0 Å². The summed E-state index contributed by atoms with van der Waals surface area (Å²) in [5.41, 5.74) is -0.894. The second kappa shape index (κ2) is 9.76. The van der Waals surface area contributed by atoms with E-state index in [4.69, 9.17) is 9.47 Å². The van der Waals surface area contributed by atoms with Gasteiger partial charge < -0.3 is 9.47 Å². The molecule has 2 aromatic rings. The van der Waals surface area contributed by atoms with Crippen molar-refractivity contribution in [3.8, 4) is 0 Å². The third kappa shape index (κ3) is 5.04. The molecule has 3 rings (SSSR count). The van der Waals surface area contributed by atoms with E-state index in [9.17, 15) is 24.0 Å². The lowest BCUT2D eigenvalue weighted by molar-refractivity contribution is -0.146. The molecule has 3 atom stereocenters. The minimum absolute atomic E-state index is 0.133. The topological polar surface area (TPSA) is 114 Å². The Balaban J connectivity index is 1.96. The fourth-order valence-corrected chi connectivity index (χ4v) is 4.11. The van der Waals surface area contributed by atoms with E-state index in [0.29, 0.717) is 17.4 Å². The Morgan fingerprint density at radius 1 is 0.938 bits per heavy atom. The van der Waals surface area contributed by atoms with Crippen molar-refractivity contribution in [1.82, 2.24) is 9.13 Å². The zero-order valence-electron chi connectivity index (χ0n) is 18.3. The minimum Gasteiger partial charge on any atom is -0.466 e. The first-order chi connectivity index (χ1) is 15.2. The van der Waals surface area contributed by atoms with Gasteiger partial charge in [-0.3, -0.25) is 23.7 Å². The largest absolute Gasteiger partial charge is 0.466 e. The highest BCUT2D eigenvalue weighted by Crippen LogP contribution is 2.39. The van der Waals surface area contributed by atoms with Gasteiger partial charge >= 0.3 is 17.6 Å². The van der Waals surface area contributed by atoms with E-state index >= 15 is 0 Å². The van der Waals surface area contributed by atoms with Crippen LogP contribution in [-0.2, 0) is 19.1 Å². The van der Waals surface area contributed by atoms with Crippen LogP contribution in [0.3, 0.4) is 0 Å². The monoisotopic (exact) mass is 442 g/mol. The quantitative estimate of drug-likeness (QED) is 0.626. The Morgan fingerprint density at radius 3 is 1.97 bits per heavy atom. The molecule has 1 saturated carbocycles. The van der Waals surface area contributed by atoms with Gasteiger partial charge in [0, 0.05) is 49.0 Å². The van der Waals surface area contributed by atoms with Crippen LogP contribution in [0.2, 0.25) is 0 Å². The SMILES string of the molecule is CC(=O)OC[C@@H]1CC(n2cc(C)c(=O)n(C(=O)c3ccccc3)c2=O)C[C@@H]1COC(C)=O. The van der Waals surface area contributed by atoms with Crippen LogP contribution in [0.4, 0.5) is 0 Å². The molecule has 0 amide bonds. The van der Waals surface area contributed by atoms with Gasteiger partial charge in [-0.15, -0.1) is 0 Å². The van der Waals surface area contributed by atoms with E-state index < -0.39 is 29.1 Å². The van der Waals surface area contributed by atoms with Gasteiger partial charge in [-0.1, -0.05) is 18.2 Å². The first kappa shape index (κ1) is 23.2. The molecule has 1 aliphatic rings. The summed E-state index contributed by atoms with van der Waals surface area (Å²) in [5.74, 6) is -1.81. The van der Waals surface area contributed by atoms with Gasteiger partial charge in [-0.05, 0) is 31.9 Å². The zero-order chi connectivity index (χ0) is 23.4. The van der Waals surface area contributed by atoms with E-state index in [0.717, 1.165) is 0 Å². The number of aryl methyl sites for hydroxylation is 1. The molecule has 1 aromatic carbocycles. The van der Waals surface area contributed by atoms with Crippen LogP contribution in [0, 0.1) is 18.8 Å². The average molecular weight is 442 g/mol. The summed E-state index contributed by atoms with van der Waals surface area (Å²) in [6.07, 6.45) is 2.40. The molecule has 0 radical (unpaired) electrons. The van der Waals surface area contributed by atoms with Gasteiger partial charge in [0.25, 0.3) is 11.5 Å². The summed E-state index contributed by atoms with van der Waals surface area (Å²) in [5, 5.41) is 0. The van der Waals surface area contributed by atoms with E-state index in [1.165, 1.54) is 24.6 Å². The number of hydrogen-bond donors (Lipinski definition) is 0. The predicted molar refractivity (Wildman–Crippen MR) is 114 cm³/mol. The highest BCUT2D eigenvalue weighted by molar-refractivity contribution is 5.95. The molecule has 1 aliphatic carbocycles. The van der Waals surface area contributed by atoms with Gasteiger partial charge in [0.1, 0.15) is 0 Å². The summed E-state index contributed by atoms with van der Waals surface area (Å²) in [4.78, 5) is 61.4. The Bertz CT molecular complexity index is 1110. The second-order valence-electron chi connectivity index (χ2n) is 8.06. The summed E-state index contributed by atoms with van der Waals surface area (Å²) >= 11 is 0. The molecule has 0 N–H and O–H groups in total. The molecule has 1 aromatic heterocycles. The third-order valence-corrected chi connectivity index (χ3v) is 5.72. The lowest BCUT2D eigenvalue weighted by Gasteiger charge is -2.18. The van der Waals surface area contributed by atoms with Crippen molar-refractivity contribution in [3.63, 3.8) is 0 Å². The number of carbonyl (C=O) groups excluding carboxylic acids is 3. The lowest BCUT2D eigenvalue weighted by atomic mass is 9.98. The smallest absolute Gasteiger partial charge is 0.338 e. The maximum Gasteiger partial charge on any atom is 0.338 e. The number of ether oxygens (including phenoxy) is 2. The molecular weight excluding hydrogens is 416 g/mol. The maximum atomic E-state index is 13.2. The molecule has 32 heavy (non-hydrogen) atoms. The standard InChI is InChI=1S/C23H26N2O7/c1-14-11-24(23(30)25(21(14)28)22(29)17-7-5-4-6-8-17)20-9-18(12-31-15(2)26)19(10-20)13-32-16(3)27/h4-8,11,18-20H,9-10,12-13H2,1-3H3/t18-,19+,20?. The van der Waals surface area contributed by atoms with Gasteiger partial charge in [0.05, 0.1) is 13.2 Å². The molecule has 1 heterocycles. The lowest BCUT2D eigenvalue weighted by Crippen LogP contribution is -2.45. The van der Waals surface area contributed by atoms with Gasteiger partial charge in [-0.25, -0.2) is 4.79 Å². The molecule has 1 unspecified atom stereocenters. The van der Waals surface area contributed by atoms with Gasteiger partial charge in [0.2, 0.25) is 0 Å². The molecule has 0 saturated heterocycles. The van der Waals surface area contributed by atoms with Crippen molar-refractivity contribution >= 4 is 17.8 Å². The van der Waals surface area contributed by atoms with Crippen molar-refractivity contribution < 1.29 is 23.9 Å². The average Bonchev–Trinajstić information content (AvgIpc) is 3.16. The number of nitrogens with zero attached hydrogens (tertiary/aromatic N) is 2. The van der Waals surface area contributed by atoms with Crippen LogP contribution in [0.25, 0.3) is 0 Å². The van der Waals surface area contributed by atoms with Crippen molar-refractivity contribution in [3.05, 3.63) is 68.5 Å². The zero-order valence-corrected chi connectivity index (χ0v) is 18.3. The normalized spacial score (nSPS) is 20.0. The van der Waals surface area contributed by atoms with Crippen molar-refractivity contribution in [2.75, 3.05) is 13.2 Å². The molecular formula is C23H26N2O7. The number of carbonyl (C=O) groups is 3. The van der Waals surface area contributed by atoms with Crippen LogP contribution in [0.1, 0.15) is 48.7 Å². The Hall–Kier alpha value is -3.49. The van der Waals surface area contributed by atoms with Crippen LogP contribution in [0.5, 0.6) is 0 Å². The number of hydrogen-bond acceptors (Lipinski definition) is 7. The van der Waals surface area contributed by atoms with Crippen LogP contribution in [0.15, 0.2) is 46.1 Å². The molecule has 9 heteroatoms. The Labute approximate surface area is 184 Å². The molecule has 1 fully saturated rings. The number of esters is 2. The van der Waals surface area contributed by atoms with Crippen molar-refractivity contribution in [2.24, 2.45) is 11.8 Å². The fraction of sp³-hybridized carbons (Fsp3) is 0.435. The van der Waals surface area contributed by atoms with Crippen molar-refractivity contribution in [2.45, 2.75) is 39.7 Å². The van der Waals surface area contributed by atoms with E-state index in [1.807, 2.05) is 0 Å².